The fraction of sp³-hybridized carbons (Fsp3) is 0.615. The molecule has 0 bridgehead atoms. The molecule has 0 amide bonds. The minimum atomic E-state index is -0.281. The molecule has 0 saturated carbocycles. The molecule has 108 valence electrons. The third kappa shape index (κ3) is 1.66. The molecule has 1 saturated heterocycles. The third-order valence-electron chi connectivity index (χ3n) is 4.09. The van der Waals surface area contributed by atoms with E-state index in [1.807, 2.05) is 18.4 Å². The van der Waals surface area contributed by atoms with Gasteiger partial charge in [-0.05, 0) is 26.8 Å². The van der Waals surface area contributed by atoms with Crippen LogP contribution < -0.4 is 16.6 Å². The van der Waals surface area contributed by atoms with Crippen molar-refractivity contribution in [1.29, 1.82) is 0 Å². The van der Waals surface area contributed by atoms with Crippen LogP contribution in [0.25, 0.3) is 11.2 Å². The van der Waals surface area contributed by atoms with Crippen LogP contribution in [0.3, 0.4) is 0 Å². The van der Waals surface area contributed by atoms with E-state index in [0.29, 0.717) is 24.3 Å². The van der Waals surface area contributed by atoms with Gasteiger partial charge in [0.1, 0.15) is 5.82 Å². The minimum absolute atomic E-state index is 0.0638. The Morgan fingerprint density at radius 2 is 2.15 bits per heavy atom. The van der Waals surface area contributed by atoms with Gasteiger partial charge in [-0.25, -0.2) is 9.78 Å². The van der Waals surface area contributed by atoms with E-state index in [0.717, 1.165) is 18.8 Å². The first-order valence-corrected chi connectivity index (χ1v) is 6.95. The van der Waals surface area contributed by atoms with E-state index in [2.05, 4.69) is 10.3 Å². The number of hydrogen-bond donors (Lipinski definition) is 1. The number of nitrogens with one attached hydrogen (secondary N) is 1. The standard InChI is InChI=1S/C13H19N5O2/c1-4-17-8(2)15-11-10(17)12(19)18(13(20)16(11)3)9-5-6-14-7-9/h9,14H,4-7H2,1-3H3. The highest BCUT2D eigenvalue weighted by Crippen LogP contribution is 2.14. The maximum atomic E-state index is 12.7. The van der Waals surface area contributed by atoms with Gasteiger partial charge < -0.3 is 9.88 Å². The van der Waals surface area contributed by atoms with E-state index < -0.39 is 0 Å². The summed E-state index contributed by atoms with van der Waals surface area (Å²) in [6.45, 7) is 6.00. The van der Waals surface area contributed by atoms with Crippen LogP contribution in [0.4, 0.5) is 0 Å². The molecule has 0 aromatic carbocycles. The van der Waals surface area contributed by atoms with Crippen molar-refractivity contribution in [1.82, 2.24) is 24.0 Å². The molecule has 1 N–H and O–H groups in total. The normalized spacial score (nSPS) is 19.1. The molecular weight excluding hydrogens is 258 g/mol. The molecule has 7 nitrogen and oxygen atoms in total. The van der Waals surface area contributed by atoms with E-state index in [-0.39, 0.29) is 17.3 Å². The van der Waals surface area contributed by atoms with Crippen molar-refractivity contribution in [3.63, 3.8) is 0 Å². The largest absolute Gasteiger partial charge is 0.332 e. The molecule has 1 unspecified atom stereocenters. The van der Waals surface area contributed by atoms with Crippen molar-refractivity contribution >= 4 is 11.2 Å². The molecule has 20 heavy (non-hydrogen) atoms. The zero-order chi connectivity index (χ0) is 14.4. The summed E-state index contributed by atoms with van der Waals surface area (Å²) in [6, 6.07) is -0.0638. The average Bonchev–Trinajstić information content (AvgIpc) is 3.04. The Labute approximate surface area is 115 Å². The van der Waals surface area contributed by atoms with Gasteiger partial charge in [-0.1, -0.05) is 0 Å². The first kappa shape index (κ1) is 13.1. The van der Waals surface area contributed by atoms with Crippen molar-refractivity contribution in [2.24, 2.45) is 7.05 Å². The zero-order valence-electron chi connectivity index (χ0n) is 12.0. The van der Waals surface area contributed by atoms with Crippen LogP contribution in [-0.4, -0.2) is 31.8 Å². The first-order valence-electron chi connectivity index (χ1n) is 6.95. The van der Waals surface area contributed by atoms with Crippen molar-refractivity contribution in [2.75, 3.05) is 13.1 Å². The van der Waals surface area contributed by atoms with E-state index in [1.54, 1.807) is 7.05 Å². The highest BCUT2D eigenvalue weighted by Gasteiger charge is 2.24. The molecule has 7 heteroatoms. The van der Waals surface area contributed by atoms with Crippen LogP contribution in [0, 0.1) is 6.92 Å². The Morgan fingerprint density at radius 1 is 1.40 bits per heavy atom. The van der Waals surface area contributed by atoms with E-state index in [9.17, 15) is 9.59 Å². The monoisotopic (exact) mass is 277 g/mol. The molecule has 0 radical (unpaired) electrons. The van der Waals surface area contributed by atoms with E-state index in [1.165, 1.54) is 9.13 Å². The van der Waals surface area contributed by atoms with Gasteiger partial charge in [0, 0.05) is 20.1 Å². The van der Waals surface area contributed by atoms with Crippen LogP contribution in [0.15, 0.2) is 9.59 Å². The third-order valence-corrected chi connectivity index (χ3v) is 4.09. The summed E-state index contributed by atoms with van der Waals surface area (Å²) < 4.78 is 4.74. The molecule has 1 fully saturated rings. The minimum Gasteiger partial charge on any atom is -0.323 e. The lowest BCUT2D eigenvalue weighted by molar-refractivity contribution is 0.491. The first-order chi connectivity index (χ1) is 9.56. The second-order valence-corrected chi connectivity index (χ2v) is 5.24. The SMILES string of the molecule is CCn1c(C)nc2c1c(=O)n(C1CCNC1)c(=O)n2C. The Hall–Kier alpha value is -1.89. The smallest absolute Gasteiger partial charge is 0.323 e. The molecule has 1 atom stereocenters. The van der Waals surface area contributed by atoms with Crippen molar-refractivity contribution in [3.8, 4) is 0 Å². The summed E-state index contributed by atoms with van der Waals surface area (Å²) in [5.41, 5.74) is 0.497. The predicted molar refractivity (Wildman–Crippen MR) is 76.2 cm³/mol. The fourth-order valence-corrected chi connectivity index (χ4v) is 3.02. The van der Waals surface area contributed by atoms with Crippen LogP contribution in [0.5, 0.6) is 0 Å². The summed E-state index contributed by atoms with van der Waals surface area (Å²) in [6.07, 6.45) is 0.805. The Morgan fingerprint density at radius 3 is 2.75 bits per heavy atom. The van der Waals surface area contributed by atoms with Gasteiger partial charge in [-0.15, -0.1) is 0 Å². The number of aryl methyl sites for hydroxylation is 3. The maximum Gasteiger partial charge on any atom is 0.332 e. The number of rotatable bonds is 2. The molecule has 0 spiro atoms. The number of fused-ring (bicyclic) bond motifs is 1. The Kier molecular flexibility index (Phi) is 3.01. The van der Waals surface area contributed by atoms with Gasteiger partial charge in [-0.2, -0.15) is 0 Å². The van der Waals surface area contributed by atoms with Crippen LogP contribution in [0.1, 0.15) is 25.2 Å². The van der Waals surface area contributed by atoms with Crippen molar-refractivity contribution in [3.05, 3.63) is 26.7 Å². The molecule has 2 aromatic heterocycles. The molecule has 2 aromatic rings. The number of imidazole rings is 1. The quantitative estimate of drug-likeness (QED) is 0.822. The summed E-state index contributed by atoms with van der Waals surface area (Å²) in [7, 11) is 1.68. The Balaban J connectivity index is 2.42. The number of hydrogen-bond acceptors (Lipinski definition) is 4. The predicted octanol–water partition coefficient (Wildman–Crippen LogP) is -0.241. The van der Waals surface area contributed by atoms with Gasteiger partial charge in [0.05, 0.1) is 6.04 Å². The maximum absolute atomic E-state index is 12.7. The van der Waals surface area contributed by atoms with Crippen LogP contribution in [-0.2, 0) is 13.6 Å². The van der Waals surface area contributed by atoms with Crippen LogP contribution >= 0.6 is 0 Å². The molecule has 1 aliphatic rings. The van der Waals surface area contributed by atoms with Crippen molar-refractivity contribution < 1.29 is 0 Å². The van der Waals surface area contributed by atoms with E-state index >= 15 is 0 Å². The van der Waals surface area contributed by atoms with Gasteiger partial charge in [-0.3, -0.25) is 13.9 Å². The number of nitrogens with zero attached hydrogens (tertiary/aromatic N) is 4. The van der Waals surface area contributed by atoms with Crippen LogP contribution in [0.2, 0.25) is 0 Å². The fourth-order valence-electron chi connectivity index (χ4n) is 3.02. The average molecular weight is 277 g/mol. The highest BCUT2D eigenvalue weighted by atomic mass is 16.2. The molecule has 0 aliphatic carbocycles. The second kappa shape index (κ2) is 4.59. The van der Waals surface area contributed by atoms with E-state index in [4.69, 9.17) is 0 Å². The zero-order valence-corrected chi connectivity index (χ0v) is 12.0. The number of aromatic nitrogens is 4. The molecule has 1 aliphatic heterocycles. The molecule has 3 heterocycles. The summed E-state index contributed by atoms with van der Waals surface area (Å²) in [5, 5.41) is 3.20. The van der Waals surface area contributed by atoms with Gasteiger partial charge in [0.15, 0.2) is 11.2 Å². The Bertz CT molecular complexity index is 777. The second-order valence-electron chi connectivity index (χ2n) is 5.24. The topological polar surface area (TPSA) is 73.8 Å². The highest BCUT2D eigenvalue weighted by molar-refractivity contribution is 5.71. The van der Waals surface area contributed by atoms with Crippen molar-refractivity contribution in [2.45, 2.75) is 32.9 Å². The summed E-state index contributed by atoms with van der Waals surface area (Å²) in [5.74, 6) is 0.761. The lowest BCUT2D eigenvalue weighted by Gasteiger charge is -2.14. The lowest BCUT2D eigenvalue weighted by atomic mass is 10.2. The summed E-state index contributed by atoms with van der Waals surface area (Å²) >= 11 is 0. The van der Waals surface area contributed by atoms with Gasteiger partial charge >= 0.3 is 5.69 Å². The molecular formula is C13H19N5O2. The lowest BCUT2D eigenvalue weighted by Crippen LogP contribution is -2.42. The summed E-state index contributed by atoms with van der Waals surface area (Å²) in [4.78, 5) is 29.6. The van der Waals surface area contributed by atoms with Gasteiger partial charge in [0.25, 0.3) is 5.56 Å². The molecule has 3 rings (SSSR count). The van der Waals surface area contributed by atoms with Gasteiger partial charge in [0.2, 0.25) is 0 Å².